The van der Waals surface area contributed by atoms with Crippen molar-refractivity contribution in [2.45, 2.75) is 38.6 Å². The van der Waals surface area contributed by atoms with Crippen molar-refractivity contribution in [2.24, 2.45) is 0 Å². The quantitative estimate of drug-likeness (QED) is 0.689. The second-order valence-corrected chi connectivity index (χ2v) is 4.62. The van der Waals surface area contributed by atoms with Crippen LogP contribution in [-0.2, 0) is 4.74 Å². The van der Waals surface area contributed by atoms with Crippen LogP contribution < -0.4 is 5.32 Å². The molecule has 0 aliphatic rings. The van der Waals surface area contributed by atoms with E-state index in [0.717, 1.165) is 18.9 Å². The molecule has 0 aliphatic heterocycles. The van der Waals surface area contributed by atoms with Crippen LogP contribution in [0.2, 0.25) is 0 Å². The van der Waals surface area contributed by atoms with Gasteiger partial charge in [0.15, 0.2) is 11.6 Å². The predicted octanol–water partition coefficient (Wildman–Crippen LogP) is 3.82. The molecule has 0 heterocycles. The third kappa shape index (κ3) is 5.25. The maximum absolute atomic E-state index is 13.6. The average Bonchev–Trinajstić information content (AvgIpc) is 2.42. The maximum Gasteiger partial charge on any atom is 0.163 e. The van der Waals surface area contributed by atoms with Crippen LogP contribution in [-0.4, -0.2) is 20.3 Å². The number of ether oxygens (including phenoxy) is 1. The molecule has 0 saturated heterocycles. The van der Waals surface area contributed by atoms with E-state index in [-0.39, 0.29) is 6.04 Å². The van der Waals surface area contributed by atoms with E-state index in [2.05, 4.69) is 12.2 Å². The number of hydrogen-bond acceptors (Lipinski definition) is 2. The van der Waals surface area contributed by atoms with Gasteiger partial charge in [-0.15, -0.1) is 0 Å². The Bertz CT molecular complexity index is 371. The Hall–Kier alpha value is -1.00. The highest BCUT2D eigenvalue weighted by molar-refractivity contribution is 5.22. The molecule has 1 atom stereocenters. The molecule has 1 N–H and O–H groups in total. The van der Waals surface area contributed by atoms with Crippen molar-refractivity contribution >= 4 is 0 Å². The van der Waals surface area contributed by atoms with Gasteiger partial charge in [-0.1, -0.05) is 38.3 Å². The molecule has 2 nitrogen and oxygen atoms in total. The van der Waals surface area contributed by atoms with Gasteiger partial charge in [0.1, 0.15) is 0 Å². The summed E-state index contributed by atoms with van der Waals surface area (Å²) in [5, 5.41) is 2.96. The minimum atomic E-state index is -0.819. The van der Waals surface area contributed by atoms with Gasteiger partial charge in [0.05, 0.1) is 12.6 Å². The Morgan fingerprint density at radius 2 is 2.00 bits per heavy atom. The molecule has 0 aromatic heterocycles. The zero-order chi connectivity index (χ0) is 14.1. The number of hydrogen-bond donors (Lipinski definition) is 1. The first-order valence-electron chi connectivity index (χ1n) is 6.89. The van der Waals surface area contributed by atoms with E-state index in [1.165, 1.54) is 18.9 Å². The standard InChI is InChI=1S/C15H23F2NO/c1-3-4-5-6-10-19-11-14(18-2)12-8-7-9-13(16)15(12)17/h7-9,14,18H,3-6,10-11H2,1-2H3. The number of rotatable bonds is 9. The third-order valence-corrected chi connectivity index (χ3v) is 3.13. The minimum absolute atomic E-state index is 0.316. The lowest BCUT2D eigenvalue weighted by molar-refractivity contribution is 0.109. The van der Waals surface area contributed by atoms with Gasteiger partial charge in [-0.25, -0.2) is 8.78 Å². The van der Waals surface area contributed by atoms with Crippen molar-refractivity contribution in [1.82, 2.24) is 5.32 Å². The minimum Gasteiger partial charge on any atom is -0.379 e. The van der Waals surface area contributed by atoms with E-state index < -0.39 is 11.6 Å². The lowest BCUT2D eigenvalue weighted by Crippen LogP contribution is -2.23. The second kappa shape index (κ2) is 8.99. The highest BCUT2D eigenvalue weighted by Crippen LogP contribution is 2.19. The van der Waals surface area contributed by atoms with Crippen LogP contribution in [0, 0.1) is 11.6 Å². The smallest absolute Gasteiger partial charge is 0.163 e. The molecule has 1 unspecified atom stereocenters. The molecule has 1 rings (SSSR count). The number of halogens is 2. The molecule has 19 heavy (non-hydrogen) atoms. The molecule has 1 aromatic carbocycles. The summed E-state index contributed by atoms with van der Waals surface area (Å²) in [4.78, 5) is 0. The summed E-state index contributed by atoms with van der Waals surface area (Å²) < 4.78 is 32.3. The molecule has 0 fully saturated rings. The molecule has 0 radical (unpaired) electrons. The van der Waals surface area contributed by atoms with Crippen molar-refractivity contribution < 1.29 is 13.5 Å². The van der Waals surface area contributed by atoms with E-state index in [9.17, 15) is 8.78 Å². The average molecular weight is 271 g/mol. The monoisotopic (exact) mass is 271 g/mol. The zero-order valence-corrected chi connectivity index (χ0v) is 11.7. The topological polar surface area (TPSA) is 21.3 Å². The van der Waals surface area contributed by atoms with Gasteiger partial charge in [-0.05, 0) is 19.5 Å². The molecule has 0 bridgehead atoms. The van der Waals surface area contributed by atoms with Crippen LogP contribution >= 0.6 is 0 Å². The molecular formula is C15H23F2NO. The van der Waals surface area contributed by atoms with Crippen LogP contribution in [0.15, 0.2) is 18.2 Å². The summed E-state index contributed by atoms with van der Waals surface area (Å²) in [6.45, 7) is 3.17. The lowest BCUT2D eigenvalue weighted by Gasteiger charge is -2.17. The van der Waals surface area contributed by atoms with Crippen molar-refractivity contribution in [2.75, 3.05) is 20.3 Å². The van der Waals surface area contributed by atoms with Crippen molar-refractivity contribution in [3.8, 4) is 0 Å². The highest BCUT2D eigenvalue weighted by atomic mass is 19.2. The van der Waals surface area contributed by atoms with Crippen molar-refractivity contribution in [1.29, 1.82) is 0 Å². The first-order valence-corrected chi connectivity index (χ1v) is 6.89. The Balaban J connectivity index is 2.43. The zero-order valence-electron chi connectivity index (χ0n) is 11.7. The first kappa shape index (κ1) is 16.1. The number of likely N-dealkylation sites (N-methyl/N-ethyl adjacent to an activating group) is 1. The van der Waals surface area contributed by atoms with Crippen LogP contribution in [0.5, 0.6) is 0 Å². The largest absolute Gasteiger partial charge is 0.379 e. The third-order valence-electron chi connectivity index (χ3n) is 3.13. The fraction of sp³-hybridized carbons (Fsp3) is 0.600. The van der Waals surface area contributed by atoms with E-state index in [1.807, 2.05) is 0 Å². The lowest BCUT2D eigenvalue weighted by atomic mass is 10.1. The SMILES string of the molecule is CCCCCCOCC(NC)c1cccc(F)c1F. The summed E-state index contributed by atoms with van der Waals surface area (Å²) >= 11 is 0. The second-order valence-electron chi connectivity index (χ2n) is 4.62. The summed E-state index contributed by atoms with van der Waals surface area (Å²) in [6.07, 6.45) is 4.55. The highest BCUT2D eigenvalue weighted by Gasteiger charge is 2.16. The maximum atomic E-state index is 13.6. The molecule has 108 valence electrons. The fourth-order valence-corrected chi connectivity index (χ4v) is 1.95. The van der Waals surface area contributed by atoms with Crippen molar-refractivity contribution in [3.05, 3.63) is 35.4 Å². The number of nitrogens with one attached hydrogen (secondary N) is 1. The predicted molar refractivity (Wildman–Crippen MR) is 73.1 cm³/mol. The number of benzene rings is 1. The van der Waals surface area contributed by atoms with Crippen LogP contribution in [0.1, 0.15) is 44.2 Å². The fourth-order valence-electron chi connectivity index (χ4n) is 1.95. The van der Waals surface area contributed by atoms with Crippen molar-refractivity contribution in [3.63, 3.8) is 0 Å². The normalized spacial score (nSPS) is 12.6. The molecule has 0 amide bonds. The van der Waals surface area contributed by atoms with Crippen LogP contribution in [0.4, 0.5) is 8.78 Å². The Kier molecular flexibility index (Phi) is 7.60. The molecule has 0 aliphatic carbocycles. The molecule has 0 spiro atoms. The molecule has 4 heteroatoms. The summed E-state index contributed by atoms with van der Waals surface area (Å²) in [5.41, 5.74) is 0.316. The van der Waals surface area contributed by atoms with E-state index in [0.29, 0.717) is 18.8 Å². The molecule has 1 aromatic rings. The Morgan fingerprint density at radius 3 is 2.68 bits per heavy atom. The van der Waals surface area contributed by atoms with Crippen LogP contribution in [0.25, 0.3) is 0 Å². The van der Waals surface area contributed by atoms with Gasteiger partial charge >= 0.3 is 0 Å². The number of unbranched alkanes of at least 4 members (excludes halogenated alkanes) is 3. The first-order chi connectivity index (χ1) is 9.20. The Labute approximate surface area is 114 Å². The summed E-state index contributed by atoms with van der Waals surface area (Å²) in [6, 6.07) is 3.90. The van der Waals surface area contributed by atoms with Crippen LogP contribution in [0.3, 0.4) is 0 Å². The van der Waals surface area contributed by atoms with Gasteiger partial charge in [-0.3, -0.25) is 0 Å². The van der Waals surface area contributed by atoms with Gasteiger partial charge < -0.3 is 10.1 Å². The van der Waals surface area contributed by atoms with Gasteiger partial charge in [0.2, 0.25) is 0 Å². The van der Waals surface area contributed by atoms with Gasteiger partial charge in [0.25, 0.3) is 0 Å². The van der Waals surface area contributed by atoms with Gasteiger partial charge in [-0.2, -0.15) is 0 Å². The Morgan fingerprint density at radius 1 is 1.21 bits per heavy atom. The molecule has 0 saturated carbocycles. The summed E-state index contributed by atoms with van der Waals surface area (Å²) in [5.74, 6) is -1.61. The van der Waals surface area contributed by atoms with Gasteiger partial charge in [0, 0.05) is 12.2 Å². The van der Waals surface area contributed by atoms with E-state index >= 15 is 0 Å². The molecular weight excluding hydrogens is 248 g/mol. The van der Waals surface area contributed by atoms with E-state index in [1.54, 1.807) is 13.1 Å². The summed E-state index contributed by atoms with van der Waals surface area (Å²) in [7, 11) is 1.72. The van der Waals surface area contributed by atoms with E-state index in [4.69, 9.17) is 4.74 Å².